The van der Waals surface area contributed by atoms with Crippen LogP contribution in [0.5, 0.6) is 0 Å². The van der Waals surface area contributed by atoms with E-state index in [2.05, 4.69) is 0 Å². The quantitative estimate of drug-likeness (QED) is 0.574. The van der Waals surface area contributed by atoms with Crippen LogP contribution in [0.15, 0.2) is 30.3 Å². The van der Waals surface area contributed by atoms with Gasteiger partial charge in [-0.05, 0) is 24.3 Å². The van der Waals surface area contributed by atoms with Crippen LogP contribution in [0, 0.1) is 0 Å². The molecular weight excluding hydrogens is 412 g/mol. The molecule has 1 rings (SSSR count). The van der Waals surface area contributed by atoms with Crippen LogP contribution in [0.2, 0.25) is 0 Å². The number of carboxylic acid groups (broad SMARTS) is 2. The van der Waals surface area contributed by atoms with Gasteiger partial charge in [-0.3, -0.25) is 0 Å². The van der Waals surface area contributed by atoms with E-state index < -0.39 is 17.9 Å². The molecule has 0 bridgehead atoms. The minimum atomic E-state index is -1.26. The van der Waals surface area contributed by atoms with E-state index in [-0.39, 0.29) is 57.6 Å². The third-order valence-corrected chi connectivity index (χ3v) is 2.10. The van der Waals surface area contributed by atoms with Crippen molar-refractivity contribution in [3.05, 3.63) is 35.9 Å². The number of carbonyl (C=O) groups excluding carboxylic acids is 2. The van der Waals surface area contributed by atoms with Gasteiger partial charge >= 0.3 is 44.8 Å². The third kappa shape index (κ3) is 7.54. The van der Waals surface area contributed by atoms with Crippen LogP contribution in [0.25, 0.3) is 0 Å². The molecule has 0 aliphatic carbocycles. The molecule has 0 spiro atoms. The summed E-state index contributed by atoms with van der Waals surface area (Å²) in [5.41, 5.74) is 0.672. The normalized spacial score (nSPS) is 9.00. The van der Waals surface area contributed by atoms with Crippen molar-refractivity contribution in [3.63, 3.8) is 0 Å². The second-order valence-corrected chi connectivity index (χ2v) is 3.26. The second kappa shape index (κ2) is 9.65. The first kappa shape index (κ1) is 19.0. The minimum absolute atomic E-state index is 0. The average molecular weight is 422 g/mol. The Morgan fingerprint density at radius 3 is 1.71 bits per heavy atom. The predicted molar refractivity (Wildman–Crippen MR) is 48.4 cm³/mol. The topological polar surface area (TPSA) is 80.3 Å². The van der Waals surface area contributed by atoms with Gasteiger partial charge in [-0.15, -0.1) is 0 Å². The van der Waals surface area contributed by atoms with Crippen molar-refractivity contribution in [1.82, 2.24) is 0 Å². The zero-order valence-corrected chi connectivity index (χ0v) is 11.6. The van der Waals surface area contributed by atoms with Gasteiger partial charge in [-0.1, -0.05) is 30.3 Å². The first-order valence-corrected chi connectivity index (χ1v) is 4.54. The molecule has 0 aromatic heterocycles. The summed E-state index contributed by atoms with van der Waals surface area (Å²) in [4.78, 5) is 20.9. The van der Waals surface area contributed by atoms with Crippen molar-refractivity contribution in [2.75, 3.05) is 0 Å². The minimum Gasteiger partial charge on any atom is -0.550 e. The Kier molecular flexibility index (Phi) is 10.8. The van der Waals surface area contributed by atoms with Crippen LogP contribution in [0.1, 0.15) is 24.3 Å². The van der Waals surface area contributed by atoms with E-state index >= 15 is 0 Å². The van der Waals surface area contributed by atoms with E-state index in [1.54, 1.807) is 30.3 Å². The summed E-state index contributed by atoms with van der Waals surface area (Å²) >= 11 is 0. The van der Waals surface area contributed by atoms with Crippen molar-refractivity contribution in [1.29, 1.82) is 0 Å². The predicted octanol–water partition coefficient (Wildman–Crippen LogP) is -0.955. The van der Waals surface area contributed by atoms with Crippen molar-refractivity contribution in [3.8, 4) is 0 Å². The molecule has 6 heteroatoms. The Morgan fingerprint density at radius 1 is 0.941 bits per heavy atom. The maximum Gasteiger partial charge on any atom is 1.00 e. The zero-order chi connectivity index (χ0) is 11.3. The van der Waals surface area contributed by atoms with E-state index in [1.165, 1.54) is 0 Å². The molecule has 17 heavy (non-hydrogen) atoms. The molecule has 100 valence electrons. The van der Waals surface area contributed by atoms with E-state index in [0.29, 0.717) is 5.56 Å². The molecule has 0 saturated heterocycles. The first-order chi connectivity index (χ1) is 7.09. The Hall–Kier alpha value is -0.359. The summed E-state index contributed by atoms with van der Waals surface area (Å²) in [5, 5.41) is 20.9. The summed E-state index contributed by atoms with van der Waals surface area (Å²) in [6.45, 7) is 0. The monoisotopic (exact) mass is 420 g/mol. The molecule has 1 aromatic carbocycles. The van der Waals surface area contributed by atoms with Crippen molar-refractivity contribution in [2.45, 2.75) is 18.8 Å². The Labute approximate surface area is 130 Å². The molecule has 0 radical (unpaired) electrons. The van der Waals surface area contributed by atoms with Crippen molar-refractivity contribution < 1.29 is 64.6 Å². The van der Waals surface area contributed by atoms with Gasteiger partial charge in [0.2, 0.25) is 0 Å². The fourth-order valence-corrected chi connectivity index (χ4v) is 1.44. The van der Waals surface area contributed by atoms with Crippen molar-refractivity contribution in [2.24, 2.45) is 0 Å². The van der Waals surface area contributed by atoms with Crippen LogP contribution in [-0.4, -0.2) is 11.9 Å². The molecule has 0 heterocycles. The van der Waals surface area contributed by atoms with Gasteiger partial charge in [0.25, 0.3) is 0 Å². The molecule has 0 fully saturated rings. The van der Waals surface area contributed by atoms with Gasteiger partial charge in [0, 0.05) is 11.9 Å². The molecule has 0 saturated carbocycles. The fraction of sp³-hybridized carbons (Fsp3) is 0.273. The summed E-state index contributed by atoms with van der Waals surface area (Å²) < 4.78 is 0. The van der Waals surface area contributed by atoms with E-state index in [9.17, 15) is 19.8 Å². The number of carboxylic acids is 2. The number of carbonyl (C=O) groups is 2. The van der Waals surface area contributed by atoms with Gasteiger partial charge < -0.3 is 19.8 Å². The molecule has 0 aliphatic rings. The molecule has 0 aliphatic heterocycles. The number of benzene rings is 1. The fourth-order valence-electron chi connectivity index (χ4n) is 1.44. The molecular formula is C11H10Ag2O4. The van der Waals surface area contributed by atoms with E-state index in [1.807, 2.05) is 0 Å². The standard InChI is InChI=1S/C11H12O4.2Ag/c12-10(13)6-9(7-11(14)15)8-4-2-1-3-5-8;;/h1-5,9H,6-7H2,(H,12,13)(H,14,15);;/q;2*+1/p-2. The Bertz CT molecular complexity index is 338. The number of hydrogen-bond donors (Lipinski definition) is 0. The first-order valence-electron chi connectivity index (χ1n) is 4.54. The largest absolute Gasteiger partial charge is 1.00 e. The molecule has 1 aromatic rings. The molecule has 0 atom stereocenters. The summed E-state index contributed by atoms with van der Waals surface area (Å²) in [6, 6.07) is 8.62. The maximum absolute atomic E-state index is 10.4. The van der Waals surface area contributed by atoms with Crippen LogP contribution in [-0.2, 0) is 54.3 Å². The number of rotatable bonds is 5. The van der Waals surface area contributed by atoms with Crippen LogP contribution in [0.3, 0.4) is 0 Å². The molecule has 0 unspecified atom stereocenters. The molecule has 4 nitrogen and oxygen atoms in total. The third-order valence-electron chi connectivity index (χ3n) is 2.10. The second-order valence-electron chi connectivity index (χ2n) is 3.26. The van der Waals surface area contributed by atoms with Crippen LogP contribution in [0.4, 0.5) is 0 Å². The van der Waals surface area contributed by atoms with Gasteiger partial charge in [0.05, 0.1) is 0 Å². The van der Waals surface area contributed by atoms with Crippen LogP contribution >= 0.6 is 0 Å². The Balaban J connectivity index is 0. The van der Waals surface area contributed by atoms with Gasteiger partial charge in [0.15, 0.2) is 0 Å². The summed E-state index contributed by atoms with van der Waals surface area (Å²) in [5.74, 6) is -3.10. The average Bonchev–Trinajstić information content (AvgIpc) is 2.17. The zero-order valence-electron chi connectivity index (χ0n) is 8.61. The number of hydrogen-bond acceptors (Lipinski definition) is 4. The van der Waals surface area contributed by atoms with E-state index in [0.717, 1.165) is 0 Å². The van der Waals surface area contributed by atoms with Crippen molar-refractivity contribution >= 4 is 11.9 Å². The number of aliphatic carboxylic acids is 2. The SMILES string of the molecule is O=C([O-])CC(CC(=O)[O-])c1ccccc1.[Ag+].[Ag+]. The molecule has 0 N–H and O–H groups in total. The van der Waals surface area contributed by atoms with Crippen LogP contribution < -0.4 is 10.2 Å². The molecule has 0 amide bonds. The summed E-state index contributed by atoms with van der Waals surface area (Å²) in [7, 11) is 0. The van der Waals surface area contributed by atoms with Gasteiger partial charge in [0.1, 0.15) is 0 Å². The summed E-state index contributed by atoms with van der Waals surface area (Å²) in [6.07, 6.45) is -0.615. The maximum atomic E-state index is 10.4. The van der Waals surface area contributed by atoms with Gasteiger partial charge in [-0.25, -0.2) is 0 Å². The van der Waals surface area contributed by atoms with E-state index in [4.69, 9.17) is 0 Å². The smallest absolute Gasteiger partial charge is 0.550 e. The van der Waals surface area contributed by atoms with Gasteiger partial charge in [-0.2, -0.15) is 0 Å². The Morgan fingerprint density at radius 2 is 1.35 bits per heavy atom.